The lowest BCUT2D eigenvalue weighted by molar-refractivity contribution is -0.138. The molecule has 104 valence electrons. The van der Waals surface area contributed by atoms with Gasteiger partial charge < -0.3 is 19.5 Å². The molecule has 5 nitrogen and oxygen atoms in total. The van der Waals surface area contributed by atoms with E-state index in [4.69, 9.17) is 9.47 Å². The zero-order valence-corrected chi connectivity index (χ0v) is 11.3. The minimum atomic E-state index is -0.486. The second-order valence-corrected chi connectivity index (χ2v) is 4.34. The first-order valence-electron chi connectivity index (χ1n) is 6.54. The predicted octanol–water partition coefficient (Wildman–Crippen LogP) is 2.23. The number of hydrogen-bond donors (Lipinski definition) is 1. The molecule has 1 saturated carbocycles. The molecule has 5 heteroatoms. The Morgan fingerprint density at radius 3 is 2.68 bits per heavy atom. The second kappa shape index (κ2) is 5.93. The Kier molecular flexibility index (Phi) is 4.27. The summed E-state index contributed by atoms with van der Waals surface area (Å²) >= 11 is 0. The molecule has 1 heterocycles. The Hall–Kier alpha value is -1.75. The van der Waals surface area contributed by atoms with Crippen LogP contribution in [-0.4, -0.2) is 35.9 Å². The molecule has 0 amide bonds. The third-order valence-electron chi connectivity index (χ3n) is 2.94. The third-order valence-corrected chi connectivity index (χ3v) is 2.94. The maximum Gasteiger partial charge on any atom is 0.344 e. The fraction of sp³-hybridized carbons (Fsp3) is 0.500. The van der Waals surface area contributed by atoms with Crippen molar-refractivity contribution in [3.63, 3.8) is 0 Å². The maximum absolute atomic E-state index is 12.0. The van der Waals surface area contributed by atoms with Crippen LogP contribution in [0.15, 0.2) is 34.9 Å². The molecular weight excluding hydrogens is 246 g/mol. The van der Waals surface area contributed by atoms with Crippen molar-refractivity contribution >= 4 is 5.97 Å². The zero-order valence-electron chi connectivity index (χ0n) is 11.3. The van der Waals surface area contributed by atoms with Crippen LogP contribution in [0.25, 0.3) is 0 Å². The molecule has 0 bridgehead atoms. The highest BCUT2D eigenvalue weighted by Crippen LogP contribution is 2.39. The minimum absolute atomic E-state index is 0.0411. The average Bonchev–Trinajstić information content (AvgIpc) is 3.21. The molecule has 0 unspecified atom stereocenters. The van der Waals surface area contributed by atoms with Crippen molar-refractivity contribution in [1.29, 1.82) is 0 Å². The summed E-state index contributed by atoms with van der Waals surface area (Å²) in [5.41, 5.74) is 2.14. The number of hydrogen-bond acceptors (Lipinski definition) is 5. The number of allylic oxidation sites excluding steroid dienone is 2. The first kappa shape index (κ1) is 13.7. The highest BCUT2D eigenvalue weighted by atomic mass is 16.5. The van der Waals surface area contributed by atoms with Crippen LogP contribution in [0.4, 0.5) is 0 Å². The van der Waals surface area contributed by atoms with Gasteiger partial charge in [0, 0.05) is 12.8 Å². The van der Waals surface area contributed by atoms with Crippen LogP contribution in [0.2, 0.25) is 0 Å². The van der Waals surface area contributed by atoms with E-state index < -0.39 is 5.97 Å². The van der Waals surface area contributed by atoms with Crippen molar-refractivity contribution < 1.29 is 19.4 Å². The van der Waals surface area contributed by atoms with E-state index >= 15 is 0 Å². The van der Waals surface area contributed by atoms with Crippen molar-refractivity contribution in [1.82, 2.24) is 4.90 Å². The molecule has 0 aromatic carbocycles. The first-order valence-corrected chi connectivity index (χ1v) is 6.54. The van der Waals surface area contributed by atoms with Gasteiger partial charge in [0.05, 0.1) is 12.3 Å². The summed E-state index contributed by atoms with van der Waals surface area (Å²) in [6.45, 7) is 4.90. The second-order valence-electron chi connectivity index (χ2n) is 4.34. The molecule has 0 radical (unpaired) electrons. The van der Waals surface area contributed by atoms with Crippen LogP contribution in [0, 0.1) is 0 Å². The van der Waals surface area contributed by atoms with Crippen LogP contribution in [-0.2, 0) is 14.3 Å². The molecular formula is C14H19NO4. The Balaban J connectivity index is 2.30. The smallest absolute Gasteiger partial charge is 0.344 e. The predicted molar refractivity (Wildman–Crippen MR) is 70.0 cm³/mol. The van der Waals surface area contributed by atoms with E-state index in [9.17, 15) is 9.90 Å². The van der Waals surface area contributed by atoms with E-state index in [1.54, 1.807) is 13.1 Å². The summed E-state index contributed by atoms with van der Waals surface area (Å²) in [4.78, 5) is 13.8. The summed E-state index contributed by atoms with van der Waals surface area (Å²) in [5, 5.41) is 9.95. The number of carbonyl (C=O) groups is 1. The Labute approximate surface area is 112 Å². The molecule has 0 saturated heterocycles. The number of rotatable bonds is 5. The number of aliphatic hydroxyl groups excluding tert-OH is 1. The van der Waals surface area contributed by atoms with Crippen molar-refractivity contribution in [2.45, 2.75) is 26.7 Å². The van der Waals surface area contributed by atoms with Gasteiger partial charge >= 0.3 is 5.97 Å². The largest absolute Gasteiger partial charge is 0.507 e. The van der Waals surface area contributed by atoms with E-state index in [-0.39, 0.29) is 17.9 Å². The molecule has 0 aromatic heterocycles. The highest BCUT2D eigenvalue weighted by molar-refractivity contribution is 5.95. The maximum atomic E-state index is 12.0. The summed E-state index contributed by atoms with van der Waals surface area (Å²) in [7, 11) is 0. The molecule has 19 heavy (non-hydrogen) atoms. The van der Waals surface area contributed by atoms with Crippen LogP contribution in [0.3, 0.4) is 0 Å². The molecule has 1 aliphatic carbocycles. The highest BCUT2D eigenvalue weighted by Gasteiger charge is 2.32. The monoisotopic (exact) mass is 265 g/mol. The number of ether oxygens (including phenoxy) is 2. The van der Waals surface area contributed by atoms with Crippen molar-refractivity contribution in [3.8, 4) is 0 Å². The summed E-state index contributed by atoms with van der Waals surface area (Å²) in [6.07, 6.45) is 5.12. The van der Waals surface area contributed by atoms with Gasteiger partial charge in [0.25, 0.3) is 0 Å². The number of nitrogens with zero attached hydrogens (tertiary/aromatic N) is 1. The van der Waals surface area contributed by atoms with Gasteiger partial charge in [-0.05, 0) is 38.3 Å². The fourth-order valence-electron chi connectivity index (χ4n) is 1.96. The van der Waals surface area contributed by atoms with E-state index in [2.05, 4.69) is 0 Å². The number of aliphatic hydroxyl groups is 1. The molecule has 1 fully saturated rings. The topological polar surface area (TPSA) is 59.0 Å². The van der Waals surface area contributed by atoms with E-state index in [0.717, 1.165) is 24.1 Å². The minimum Gasteiger partial charge on any atom is -0.507 e. The zero-order chi connectivity index (χ0) is 13.8. The molecule has 2 rings (SSSR count). The van der Waals surface area contributed by atoms with Gasteiger partial charge in [-0.25, -0.2) is 4.79 Å². The lowest BCUT2D eigenvalue weighted by Crippen LogP contribution is -2.28. The third kappa shape index (κ3) is 2.98. The lowest BCUT2D eigenvalue weighted by Gasteiger charge is -2.27. The van der Waals surface area contributed by atoms with Crippen LogP contribution in [0.1, 0.15) is 26.7 Å². The molecule has 0 aromatic rings. The van der Waals surface area contributed by atoms with E-state index in [1.807, 2.05) is 11.8 Å². The Morgan fingerprint density at radius 2 is 2.11 bits per heavy atom. The standard InChI is InChI=1S/C14H19NO4/c1-3-18-9-15-8-7-11(16)12(14(17)19-4-2)13(15)10-5-6-10/h7-8,16H,3-6,9H2,1-2H3. The summed E-state index contributed by atoms with van der Waals surface area (Å²) < 4.78 is 10.4. The molecule has 1 N–H and O–H groups in total. The Morgan fingerprint density at radius 1 is 1.37 bits per heavy atom. The van der Waals surface area contributed by atoms with Crippen LogP contribution >= 0.6 is 0 Å². The van der Waals surface area contributed by atoms with Gasteiger partial charge in [-0.1, -0.05) is 0 Å². The quantitative estimate of drug-likeness (QED) is 0.772. The lowest BCUT2D eigenvalue weighted by atomic mass is 10.1. The summed E-state index contributed by atoms with van der Waals surface area (Å²) in [5.74, 6) is -0.527. The van der Waals surface area contributed by atoms with Crippen molar-refractivity contribution in [2.75, 3.05) is 19.9 Å². The van der Waals surface area contributed by atoms with Crippen molar-refractivity contribution in [3.05, 3.63) is 34.9 Å². The molecule has 0 spiro atoms. The molecule has 1 aliphatic heterocycles. The first-order chi connectivity index (χ1) is 9.19. The van der Waals surface area contributed by atoms with Gasteiger partial charge in [0.15, 0.2) is 0 Å². The fourth-order valence-corrected chi connectivity index (χ4v) is 1.96. The summed E-state index contributed by atoms with van der Waals surface area (Å²) in [6, 6.07) is 0. The molecule has 0 atom stereocenters. The van der Waals surface area contributed by atoms with Crippen LogP contribution in [0.5, 0.6) is 0 Å². The normalized spacial score (nSPS) is 18.1. The van der Waals surface area contributed by atoms with Gasteiger partial charge in [-0.3, -0.25) is 0 Å². The van der Waals surface area contributed by atoms with E-state index in [0.29, 0.717) is 13.3 Å². The van der Waals surface area contributed by atoms with Gasteiger partial charge in [0.1, 0.15) is 18.1 Å². The van der Waals surface area contributed by atoms with Gasteiger partial charge in [-0.15, -0.1) is 0 Å². The SMILES string of the molecule is CCOCN1C=CC(O)=C(C(=O)OCC)C1=C1CC1. The molecule has 2 aliphatic rings. The van der Waals surface area contributed by atoms with Crippen molar-refractivity contribution in [2.24, 2.45) is 0 Å². The number of carbonyl (C=O) groups excluding carboxylic acids is 1. The number of esters is 1. The van der Waals surface area contributed by atoms with Gasteiger partial charge in [-0.2, -0.15) is 0 Å². The van der Waals surface area contributed by atoms with Gasteiger partial charge in [0.2, 0.25) is 0 Å². The average molecular weight is 265 g/mol. The Bertz CT molecular complexity index is 456. The van der Waals surface area contributed by atoms with E-state index in [1.165, 1.54) is 6.08 Å². The van der Waals surface area contributed by atoms with Crippen LogP contribution < -0.4 is 0 Å².